The van der Waals surface area contributed by atoms with Gasteiger partial charge in [0.1, 0.15) is 0 Å². The number of imide groups is 1. The van der Waals surface area contributed by atoms with Crippen molar-refractivity contribution < 1.29 is 14.7 Å². The van der Waals surface area contributed by atoms with Crippen molar-refractivity contribution in [3.8, 4) is 0 Å². The summed E-state index contributed by atoms with van der Waals surface area (Å²) in [6.45, 7) is 0. The van der Waals surface area contributed by atoms with Gasteiger partial charge in [0.2, 0.25) is 0 Å². The average molecular weight is 212 g/mol. The Bertz CT molecular complexity index is 399. The van der Waals surface area contributed by atoms with Gasteiger partial charge in [-0.3, -0.25) is 4.79 Å². The van der Waals surface area contributed by atoms with Crippen LogP contribution in [0.4, 0.5) is 10.6 Å². The van der Waals surface area contributed by atoms with Gasteiger partial charge in [0.05, 0.1) is 6.33 Å². The minimum atomic E-state index is -1.30. The maximum atomic E-state index is 11.7. The van der Waals surface area contributed by atoms with Gasteiger partial charge >= 0.3 is 6.09 Å². The molecule has 0 fully saturated rings. The van der Waals surface area contributed by atoms with Gasteiger partial charge < -0.3 is 15.0 Å². The fourth-order valence-electron chi connectivity index (χ4n) is 1.11. The van der Waals surface area contributed by atoms with Crippen LogP contribution in [0.2, 0.25) is 0 Å². The molecule has 0 aliphatic rings. The maximum absolute atomic E-state index is 11.7. The summed E-state index contributed by atoms with van der Waals surface area (Å²) in [7, 11) is 4.42. The zero-order valence-corrected chi connectivity index (χ0v) is 8.68. The molecule has 7 heteroatoms. The number of imidazole rings is 1. The van der Waals surface area contributed by atoms with Crippen molar-refractivity contribution in [3.05, 3.63) is 12.0 Å². The predicted octanol–water partition coefficient (Wildman–Crippen LogP) is 0.212. The Balaban J connectivity index is 3.10. The van der Waals surface area contributed by atoms with E-state index in [1.807, 2.05) is 0 Å². The fraction of sp³-hybridized carbons (Fsp3) is 0.375. The summed E-state index contributed by atoms with van der Waals surface area (Å²) >= 11 is 0. The zero-order chi connectivity index (χ0) is 11.6. The largest absolute Gasteiger partial charge is 0.465 e. The van der Waals surface area contributed by atoms with Crippen molar-refractivity contribution in [2.75, 3.05) is 19.4 Å². The van der Waals surface area contributed by atoms with Gasteiger partial charge in [-0.2, -0.15) is 0 Å². The smallest absolute Gasteiger partial charge is 0.414 e. The van der Waals surface area contributed by atoms with Crippen LogP contribution in [0.15, 0.2) is 6.33 Å². The highest BCUT2D eigenvalue weighted by atomic mass is 16.4. The van der Waals surface area contributed by atoms with Crippen LogP contribution in [-0.4, -0.2) is 45.7 Å². The molecule has 0 aliphatic heterocycles. The van der Waals surface area contributed by atoms with Crippen molar-refractivity contribution in [1.29, 1.82) is 0 Å². The molecule has 0 radical (unpaired) electrons. The normalized spacial score (nSPS) is 9.80. The summed E-state index contributed by atoms with van der Waals surface area (Å²) in [5, 5.41) is 11.4. The molecule has 0 saturated heterocycles. The number of aryl methyl sites for hydroxylation is 1. The molecule has 1 aromatic rings. The van der Waals surface area contributed by atoms with Crippen LogP contribution in [0.1, 0.15) is 10.5 Å². The summed E-state index contributed by atoms with van der Waals surface area (Å²) < 4.78 is 1.47. The molecule has 0 spiro atoms. The first kappa shape index (κ1) is 11.0. The summed E-state index contributed by atoms with van der Waals surface area (Å²) in [5.74, 6) is -0.262. The van der Waals surface area contributed by atoms with E-state index < -0.39 is 12.0 Å². The van der Waals surface area contributed by atoms with Gasteiger partial charge in [-0.15, -0.1) is 0 Å². The van der Waals surface area contributed by atoms with Gasteiger partial charge in [0.25, 0.3) is 5.91 Å². The number of hydrogen-bond donors (Lipinski definition) is 2. The molecular weight excluding hydrogens is 200 g/mol. The zero-order valence-electron chi connectivity index (χ0n) is 8.68. The third kappa shape index (κ3) is 1.90. The Hall–Kier alpha value is -2.05. The van der Waals surface area contributed by atoms with Crippen LogP contribution in [0.5, 0.6) is 0 Å². The molecule has 0 atom stereocenters. The van der Waals surface area contributed by atoms with E-state index in [2.05, 4.69) is 10.3 Å². The molecule has 2 amide bonds. The lowest BCUT2D eigenvalue weighted by atomic mass is 10.3. The highest BCUT2D eigenvalue weighted by molar-refractivity contribution is 6.04. The second-order valence-corrected chi connectivity index (χ2v) is 2.95. The number of carbonyl (C=O) groups excluding carboxylic acids is 1. The second kappa shape index (κ2) is 3.99. The number of nitrogens with zero attached hydrogens (tertiary/aromatic N) is 3. The summed E-state index contributed by atoms with van der Waals surface area (Å²) in [5.41, 5.74) is 0.211. The maximum Gasteiger partial charge on any atom is 0.414 e. The molecular formula is C8H12N4O3. The average Bonchev–Trinajstić information content (AvgIpc) is 2.57. The van der Waals surface area contributed by atoms with Crippen molar-refractivity contribution in [2.24, 2.45) is 7.05 Å². The monoisotopic (exact) mass is 212 g/mol. The number of aromatic nitrogens is 2. The second-order valence-electron chi connectivity index (χ2n) is 2.95. The number of rotatable bonds is 2. The summed E-state index contributed by atoms with van der Waals surface area (Å²) in [6.07, 6.45) is 0.137. The Kier molecular flexibility index (Phi) is 2.93. The van der Waals surface area contributed by atoms with Crippen LogP contribution in [0.3, 0.4) is 0 Å². The number of anilines is 1. The molecule has 0 aliphatic carbocycles. The van der Waals surface area contributed by atoms with Gasteiger partial charge in [-0.05, 0) is 0 Å². The highest BCUT2D eigenvalue weighted by Crippen LogP contribution is 2.13. The third-order valence-electron chi connectivity index (χ3n) is 1.97. The van der Waals surface area contributed by atoms with E-state index in [4.69, 9.17) is 5.11 Å². The molecule has 0 bridgehead atoms. The molecule has 1 heterocycles. The Morgan fingerprint density at radius 3 is 2.67 bits per heavy atom. The van der Waals surface area contributed by atoms with Gasteiger partial charge in [0.15, 0.2) is 11.5 Å². The van der Waals surface area contributed by atoms with Crippen LogP contribution in [0, 0.1) is 0 Å². The number of amides is 2. The molecule has 0 unspecified atom stereocenters. The lowest BCUT2D eigenvalue weighted by molar-refractivity contribution is 0.0774. The summed E-state index contributed by atoms with van der Waals surface area (Å²) in [6, 6.07) is 0. The SMILES string of the molecule is CNc1ncn(C)c1C(=O)N(C)C(=O)O. The number of carbonyl (C=O) groups is 2. The molecule has 1 aromatic heterocycles. The van der Waals surface area contributed by atoms with Gasteiger partial charge in [0, 0.05) is 21.1 Å². The van der Waals surface area contributed by atoms with Crippen LogP contribution < -0.4 is 5.32 Å². The van der Waals surface area contributed by atoms with E-state index >= 15 is 0 Å². The van der Waals surface area contributed by atoms with Crippen LogP contribution in [0.25, 0.3) is 0 Å². The van der Waals surface area contributed by atoms with E-state index in [0.717, 1.165) is 0 Å². The first-order valence-electron chi connectivity index (χ1n) is 4.19. The molecule has 1 rings (SSSR count). The summed E-state index contributed by atoms with van der Waals surface area (Å²) in [4.78, 5) is 26.8. The highest BCUT2D eigenvalue weighted by Gasteiger charge is 2.23. The fourth-order valence-corrected chi connectivity index (χ4v) is 1.11. The number of nitrogens with one attached hydrogen (secondary N) is 1. The molecule has 82 valence electrons. The molecule has 7 nitrogen and oxygen atoms in total. The van der Waals surface area contributed by atoms with Gasteiger partial charge in [-0.25, -0.2) is 14.7 Å². The van der Waals surface area contributed by atoms with Crippen molar-refractivity contribution >= 4 is 17.8 Å². The first-order valence-corrected chi connectivity index (χ1v) is 4.19. The van der Waals surface area contributed by atoms with E-state index in [1.54, 1.807) is 14.1 Å². The molecule has 0 aromatic carbocycles. The van der Waals surface area contributed by atoms with E-state index in [1.165, 1.54) is 17.9 Å². The van der Waals surface area contributed by atoms with E-state index in [9.17, 15) is 9.59 Å². The lowest BCUT2D eigenvalue weighted by Gasteiger charge is -2.12. The topological polar surface area (TPSA) is 87.5 Å². The standard InChI is InChI=1S/C8H12N4O3/c1-9-6-5(11(2)4-10-6)7(13)12(3)8(14)15/h4,9H,1-3H3,(H,14,15). The minimum Gasteiger partial charge on any atom is -0.465 e. The lowest BCUT2D eigenvalue weighted by Crippen LogP contribution is -2.33. The number of hydrogen-bond acceptors (Lipinski definition) is 4. The molecule has 15 heavy (non-hydrogen) atoms. The van der Waals surface area contributed by atoms with Gasteiger partial charge in [-0.1, -0.05) is 0 Å². The predicted molar refractivity (Wildman–Crippen MR) is 52.9 cm³/mol. The quantitative estimate of drug-likeness (QED) is 0.731. The Morgan fingerprint density at radius 1 is 1.60 bits per heavy atom. The van der Waals surface area contributed by atoms with Crippen molar-refractivity contribution in [3.63, 3.8) is 0 Å². The third-order valence-corrected chi connectivity index (χ3v) is 1.97. The molecule has 0 saturated carbocycles. The van der Waals surface area contributed by atoms with E-state index in [0.29, 0.717) is 10.7 Å². The number of carboxylic acid groups (broad SMARTS) is 1. The van der Waals surface area contributed by atoms with Crippen molar-refractivity contribution in [2.45, 2.75) is 0 Å². The minimum absolute atomic E-state index is 0.211. The molecule has 2 N–H and O–H groups in total. The van der Waals surface area contributed by atoms with Crippen molar-refractivity contribution in [1.82, 2.24) is 14.5 Å². The van der Waals surface area contributed by atoms with Crippen LogP contribution in [-0.2, 0) is 7.05 Å². The Labute approximate surface area is 86.3 Å². The first-order chi connectivity index (χ1) is 6.99. The van der Waals surface area contributed by atoms with Crippen LogP contribution >= 0.6 is 0 Å². The van der Waals surface area contributed by atoms with E-state index in [-0.39, 0.29) is 5.69 Å². The Morgan fingerprint density at radius 2 is 2.20 bits per heavy atom.